The van der Waals surface area contributed by atoms with Crippen LogP contribution in [0.1, 0.15) is 5.56 Å². The maximum atomic E-state index is 10.8. The second kappa shape index (κ2) is 4.61. The highest BCUT2D eigenvalue weighted by molar-refractivity contribution is 7.85. The van der Waals surface area contributed by atoms with Gasteiger partial charge in [-0.15, -0.1) is 0 Å². The van der Waals surface area contributed by atoms with Crippen LogP contribution in [0.3, 0.4) is 0 Å². The summed E-state index contributed by atoms with van der Waals surface area (Å²) in [5, 5.41) is 10.5. The molecule has 83 valence electrons. The molecule has 0 fully saturated rings. The molecule has 6 heteroatoms. The quantitative estimate of drug-likeness (QED) is 0.781. The SMILES string of the molecule is COc1ccc(S(=O)(=O)O)cc1CC[O]. The molecule has 0 aliphatic carbocycles. The van der Waals surface area contributed by atoms with Gasteiger partial charge in [0.05, 0.1) is 18.6 Å². The van der Waals surface area contributed by atoms with E-state index in [0.717, 1.165) is 0 Å². The maximum Gasteiger partial charge on any atom is 0.294 e. The predicted octanol–water partition coefficient (Wildman–Crippen LogP) is 0.915. The molecule has 0 aliphatic heterocycles. The molecule has 15 heavy (non-hydrogen) atoms. The molecule has 0 bridgehead atoms. The largest absolute Gasteiger partial charge is 0.496 e. The van der Waals surface area contributed by atoms with E-state index in [1.54, 1.807) is 0 Å². The summed E-state index contributed by atoms with van der Waals surface area (Å²) in [4.78, 5) is -0.230. The van der Waals surface area contributed by atoms with Gasteiger partial charge in [-0.2, -0.15) is 8.42 Å². The van der Waals surface area contributed by atoms with E-state index in [-0.39, 0.29) is 17.9 Å². The number of rotatable bonds is 4. The first-order valence-electron chi connectivity index (χ1n) is 4.21. The zero-order valence-electron chi connectivity index (χ0n) is 8.13. The van der Waals surface area contributed by atoms with Gasteiger partial charge >= 0.3 is 0 Å². The average Bonchev–Trinajstić information content (AvgIpc) is 2.17. The van der Waals surface area contributed by atoms with E-state index >= 15 is 0 Å². The van der Waals surface area contributed by atoms with Crippen LogP contribution in [0, 0.1) is 0 Å². The molecule has 0 spiro atoms. The molecular formula is C9H11O5S. The third-order valence-electron chi connectivity index (χ3n) is 1.92. The van der Waals surface area contributed by atoms with Gasteiger partial charge in [0, 0.05) is 6.42 Å². The van der Waals surface area contributed by atoms with E-state index in [1.165, 1.54) is 25.3 Å². The van der Waals surface area contributed by atoms with E-state index < -0.39 is 10.1 Å². The van der Waals surface area contributed by atoms with E-state index in [9.17, 15) is 13.5 Å². The molecule has 0 saturated carbocycles. The van der Waals surface area contributed by atoms with Crippen LogP contribution in [0.25, 0.3) is 0 Å². The second-order valence-corrected chi connectivity index (χ2v) is 4.32. The topological polar surface area (TPSA) is 83.5 Å². The maximum absolute atomic E-state index is 10.8. The molecule has 1 rings (SSSR count). The number of hydrogen-bond acceptors (Lipinski definition) is 3. The van der Waals surface area contributed by atoms with Crippen molar-refractivity contribution >= 4 is 10.1 Å². The Morgan fingerprint density at radius 3 is 2.53 bits per heavy atom. The second-order valence-electron chi connectivity index (χ2n) is 2.90. The summed E-state index contributed by atoms with van der Waals surface area (Å²) in [5.74, 6) is 0.443. The van der Waals surface area contributed by atoms with Crippen LogP contribution in [0.15, 0.2) is 23.1 Å². The van der Waals surface area contributed by atoms with Crippen LogP contribution in [0.2, 0.25) is 0 Å². The van der Waals surface area contributed by atoms with Crippen LogP contribution in [0.5, 0.6) is 5.75 Å². The Hall–Kier alpha value is -1.11. The Morgan fingerprint density at radius 2 is 2.07 bits per heavy atom. The smallest absolute Gasteiger partial charge is 0.294 e. The lowest BCUT2D eigenvalue weighted by molar-refractivity contribution is 0.196. The van der Waals surface area contributed by atoms with Crippen molar-refractivity contribution in [2.45, 2.75) is 11.3 Å². The number of methoxy groups -OCH3 is 1. The van der Waals surface area contributed by atoms with Gasteiger partial charge in [-0.25, -0.2) is 5.11 Å². The van der Waals surface area contributed by atoms with Crippen LogP contribution in [-0.4, -0.2) is 26.7 Å². The summed E-state index contributed by atoms with van der Waals surface area (Å²) in [7, 11) is -2.80. The molecule has 5 nitrogen and oxygen atoms in total. The minimum Gasteiger partial charge on any atom is -0.496 e. The molecule has 1 N–H and O–H groups in total. The molecule has 1 aromatic rings. The zero-order chi connectivity index (χ0) is 11.5. The van der Waals surface area contributed by atoms with Gasteiger partial charge in [0.15, 0.2) is 0 Å². The van der Waals surface area contributed by atoms with Crippen molar-refractivity contribution in [1.29, 1.82) is 0 Å². The molecule has 0 saturated heterocycles. The summed E-state index contributed by atoms with van der Waals surface area (Å²) < 4.78 is 35.4. The first-order chi connectivity index (χ1) is 6.99. The lowest BCUT2D eigenvalue weighted by atomic mass is 10.1. The van der Waals surface area contributed by atoms with Crippen molar-refractivity contribution < 1.29 is 22.8 Å². The Kier molecular flexibility index (Phi) is 3.67. The number of ether oxygens (including phenoxy) is 1. The fraction of sp³-hybridized carbons (Fsp3) is 0.333. The third-order valence-corrected chi connectivity index (χ3v) is 2.77. The van der Waals surface area contributed by atoms with Crippen molar-refractivity contribution in [1.82, 2.24) is 0 Å². The number of benzene rings is 1. The predicted molar refractivity (Wildman–Crippen MR) is 52.1 cm³/mol. The lowest BCUT2D eigenvalue weighted by Crippen LogP contribution is -2.01. The number of hydrogen-bond donors (Lipinski definition) is 1. The zero-order valence-corrected chi connectivity index (χ0v) is 8.95. The normalized spacial score (nSPS) is 11.4. The van der Waals surface area contributed by atoms with Crippen molar-refractivity contribution in [3.05, 3.63) is 23.8 Å². The van der Waals surface area contributed by atoms with Crippen LogP contribution in [-0.2, 0) is 21.6 Å². The molecule has 0 aliphatic rings. The summed E-state index contributed by atoms with van der Waals surface area (Å²) >= 11 is 0. The standard InChI is InChI=1S/C9H11O5S/c1-14-9-3-2-8(15(11,12)13)6-7(9)4-5-10/h2-3,6H,4-5H2,1H3,(H,11,12,13). The van der Waals surface area contributed by atoms with Crippen molar-refractivity contribution in [3.8, 4) is 5.75 Å². The third kappa shape index (κ3) is 2.92. The van der Waals surface area contributed by atoms with E-state index in [1.807, 2.05) is 0 Å². The summed E-state index contributed by atoms with van der Waals surface area (Å²) in [6, 6.07) is 3.88. The first kappa shape index (κ1) is 12.0. The molecule has 0 atom stereocenters. The highest BCUT2D eigenvalue weighted by Crippen LogP contribution is 2.22. The molecule has 0 aromatic heterocycles. The highest BCUT2D eigenvalue weighted by Gasteiger charge is 2.12. The molecule has 0 unspecified atom stereocenters. The fourth-order valence-corrected chi connectivity index (χ4v) is 1.75. The minimum absolute atomic E-state index is 0.159. The summed E-state index contributed by atoms with van der Waals surface area (Å²) in [6.45, 7) is -0.370. The minimum atomic E-state index is -4.23. The van der Waals surface area contributed by atoms with Gasteiger partial charge in [-0.1, -0.05) is 0 Å². The summed E-state index contributed by atoms with van der Waals surface area (Å²) in [6.07, 6.45) is 0.159. The van der Waals surface area contributed by atoms with Gasteiger partial charge in [-0.3, -0.25) is 4.55 Å². The highest BCUT2D eigenvalue weighted by atomic mass is 32.2. The molecular weight excluding hydrogens is 220 g/mol. The van der Waals surface area contributed by atoms with E-state index in [4.69, 9.17) is 9.29 Å². The molecule has 0 amide bonds. The fourth-order valence-electron chi connectivity index (χ4n) is 1.22. The van der Waals surface area contributed by atoms with Crippen LogP contribution < -0.4 is 4.74 Å². The Morgan fingerprint density at radius 1 is 1.40 bits per heavy atom. The van der Waals surface area contributed by atoms with Crippen LogP contribution >= 0.6 is 0 Å². The van der Waals surface area contributed by atoms with Crippen molar-refractivity contribution in [3.63, 3.8) is 0 Å². The lowest BCUT2D eigenvalue weighted by Gasteiger charge is -2.07. The molecule has 1 radical (unpaired) electrons. The van der Waals surface area contributed by atoms with Gasteiger partial charge in [0.1, 0.15) is 5.75 Å². The molecule has 0 heterocycles. The summed E-state index contributed by atoms with van der Waals surface area (Å²) in [5.41, 5.74) is 0.475. The monoisotopic (exact) mass is 231 g/mol. The Bertz CT molecular complexity index is 438. The van der Waals surface area contributed by atoms with Gasteiger partial charge in [0.25, 0.3) is 10.1 Å². The van der Waals surface area contributed by atoms with Crippen molar-refractivity contribution in [2.75, 3.05) is 13.7 Å². The van der Waals surface area contributed by atoms with Gasteiger partial charge in [-0.05, 0) is 23.8 Å². The Balaban J connectivity index is 3.22. The Labute approximate surface area is 88.1 Å². The van der Waals surface area contributed by atoms with Crippen LogP contribution in [0.4, 0.5) is 0 Å². The molecule has 1 aromatic carbocycles. The van der Waals surface area contributed by atoms with Crippen molar-refractivity contribution in [2.24, 2.45) is 0 Å². The van der Waals surface area contributed by atoms with E-state index in [2.05, 4.69) is 0 Å². The van der Waals surface area contributed by atoms with Gasteiger partial charge < -0.3 is 4.74 Å². The average molecular weight is 231 g/mol. The first-order valence-corrected chi connectivity index (χ1v) is 5.65. The van der Waals surface area contributed by atoms with E-state index in [0.29, 0.717) is 11.3 Å². The van der Waals surface area contributed by atoms with Gasteiger partial charge in [0.2, 0.25) is 0 Å².